The normalized spacial score (nSPS) is 29.5. The Bertz CT molecular complexity index is 784. The molecule has 6 nitrogen and oxygen atoms in total. The molecule has 2 aromatic rings. The van der Waals surface area contributed by atoms with E-state index in [0.29, 0.717) is 19.4 Å². The van der Waals surface area contributed by atoms with Gasteiger partial charge in [-0.1, -0.05) is 18.2 Å². The Kier molecular flexibility index (Phi) is 3.16. The number of carbonyl (C=O) groups excluding carboxylic acids is 2. The molecule has 0 spiro atoms. The lowest BCUT2D eigenvalue weighted by molar-refractivity contribution is -0.148. The van der Waals surface area contributed by atoms with E-state index in [1.54, 1.807) is 0 Å². The number of fused-ring (bicyclic) bond motifs is 2. The van der Waals surface area contributed by atoms with Crippen LogP contribution in [0.2, 0.25) is 0 Å². The zero-order valence-corrected chi connectivity index (χ0v) is 12.9. The van der Waals surface area contributed by atoms with Crippen LogP contribution in [-0.4, -0.2) is 42.1 Å². The maximum atomic E-state index is 12.5. The molecule has 6 heteroatoms. The van der Waals surface area contributed by atoms with E-state index in [2.05, 4.69) is 15.6 Å². The Hall–Kier alpha value is -2.34. The second kappa shape index (κ2) is 5.09. The summed E-state index contributed by atoms with van der Waals surface area (Å²) in [5.74, 6) is -0.448. The molecule has 1 amide bonds. The SMILES string of the molecule is COC(=O)[C@]1(Cc2c[nH]c3ccccc23)C[C@@H]2C(=O)NC[C@@H]2N1. The van der Waals surface area contributed by atoms with Gasteiger partial charge in [0, 0.05) is 36.1 Å². The monoisotopic (exact) mass is 313 g/mol. The van der Waals surface area contributed by atoms with Crippen LogP contribution in [0.4, 0.5) is 0 Å². The lowest BCUT2D eigenvalue weighted by Crippen LogP contribution is -2.53. The van der Waals surface area contributed by atoms with Gasteiger partial charge in [-0.15, -0.1) is 0 Å². The fourth-order valence-corrected chi connectivity index (χ4v) is 3.98. The summed E-state index contributed by atoms with van der Waals surface area (Å²) in [6, 6.07) is 7.99. The van der Waals surface area contributed by atoms with Gasteiger partial charge in [-0.3, -0.25) is 14.9 Å². The highest BCUT2D eigenvalue weighted by atomic mass is 16.5. The number of aromatic nitrogens is 1. The van der Waals surface area contributed by atoms with Crippen LogP contribution in [0.15, 0.2) is 30.5 Å². The van der Waals surface area contributed by atoms with Crippen molar-refractivity contribution in [2.75, 3.05) is 13.7 Å². The number of aromatic amines is 1. The molecule has 1 aromatic carbocycles. The van der Waals surface area contributed by atoms with Crippen LogP contribution in [0, 0.1) is 5.92 Å². The predicted octanol–water partition coefficient (Wildman–Crippen LogP) is 0.730. The van der Waals surface area contributed by atoms with Crippen LogP contribution >= 0.6 is 0 Å². The minimum absolute atomic E-state index is 0.00759. The Morgan fingerprint density at radius 1 is 1.39 bits per heavy atom. The summed E-state index contributed by atoms with van der Waals surface area (Å²) < 4.78 is 5.06. The molecule has 3 N–H and O–H groups in total. The fraction of sp³-hybridized carbons (Fsp3) is 0.412. The molecule has 2 aliphatic rings. The van der Waals surface area contributed by atoms with Gasteiger partial charge in [-0.05, 0) is 18.1 Å². The molecule has 3 atom stereocenters. The minimum atomic E-state index is -0.840. The van der Waals surface area contributed by atoms with Crippen LogP contribution in [0.5, 0.6) is 0 Å². The Balaban J connectivity index is 1.70. The summed E-state index contributed by atoms with van der Waals surface area (Å²) in [6.07, 6.45) is 2.91. The number of para-hydroxylation sites is 1. The van der Waals surface area contributed by atoms with Gasteiger partial charge in [-0.25, -0.2) is 0 Å². The number of hydrogen-bond acceptors (Lipinski definition) is 4. The molecule has 0 bridgehead atoms. The van der Waals surface area contributed by atoms with Crippen molar-refractivity contribution in [1.82, 2.24) is 15.6 Å². The first kappa shape index (κ1) is 14.3. The zero-order chi connectivity index (χ0) is 16.0. The van der Waals surface area contributed by atoms with Gasteiger partial charge in [-0.2, -0.15) is 0 Å². The molecule has 120 valence electrons. The number of methoxy groups -OCH3 is 1. The van der Waals surface area contributed by atoms with Gasteiger partial charge >= 0.3 is 5.97 Å². The summed E-state index contributed by atoms with van der Waals surface area (Å²) in [6.45, 7) is 0.566. The van der Waals surface area contributed by atoms with E-state index in [0.717, 1.165) is 16.5 Å². The largest absolute Gasteiger partial charge is 0.468 e. The number of carbonyl (C=O) groups is 2. The fourth-order valence-electron chi connectivity index (χ4n) is 3.98. The second-order valence-corrected chi connectivity index (χ2v) is 6.42. The Morgan fingerprint density at radius 2 is 2.22 bits per heavy atom. The number of rotatable bonds is 3. The number of H-pyrrole nitrogens is 1. The average Bonchev–Trinajstić information content (AvgIpc) is 3.23. The number of hydrogen-bond donors (Lipinski definition) is 3. The van der Waals surface area contributed by atoms with Crippen molar-refractivity contribution in [3.63, 3.8) is 0 Å². The van der Waals surface area contributed by atoms with Gasteiger partial charge in [0.2, 0.25) is 5.91 Å². The van der Waals surface area contributed by atoms with E-state index in [-0.39, 0.29) is 23.8 Å². The van der Waals surface area contributed by atoms with E-state index in [1.807, 2.05) is 30.5 Å². The van der Waals surface area contributed by atoms with Crippen molar-refractivity contribution in [2.24, 2.45) is 5.92 Å². The highest BCUT2D eigenvalue weighted by Crippen LogP contribution is 2.36. The molecule has 3 heterocycles. The van der Waals surface area contributed by atoms with Gasteiger partial charge in [0.1, 0.15) is 5.54 Å². The molecule has 2 aliphatic heterocycles. The maximum absolute atomic E-state index is 12.5. The zero-order valence-electron chi connectivity index (χ0n) is 12.9. The van der Waals surface area contributed by atoms with Gasteiger partial charge in [0.15, 0.2) is 0 Å². The van der Waals surface area contributed by atoms with Crippen molar-refractivity contribution in [3.05, 3.63) is 36.0 Å². The summed E-state index contributed by atoms with van der Waals surface area (Å²) in [5, 5.41) is 7.32. The van der Waals surface area contributed by atoms with E-state index >= 15 is 0 Å². The van der Waals surface area contributed by atoms with Crippen molar-refractivity contribution in [3.8, 4) is 0 Å². The second-order valence-electron chi connectivity index (χ2n) is 6.42. The van der Waals surface area contributed by atoms with E-state index in [1.165, 1.54) is 7.11 Å². The van der Waals surface area contributed by atoms with Crippen LogP contribution in [-0.2, 0) is 20.7 Å². The third-order valence-electron chi connectivity index (χ3n) is 5.09. The van der Waals surface area contributed by atoms with E-state index < -0.39 is 5.54 Å². The van der Waals surface area contributed by atoms with Crippen LogP contribution < -0.4 is 10.6 Å². The highest BCUT2D eigenvalue weighted by Gasteiger charge is 2.55. The topological polar surface area (TPSA) is 83.2 Å². The molecular formula is C17H19N3O3. The lowest BCUT2D eigenvalue weighted by Gasteiger charge is -2.28. The lowest BCUT2D eigenvalue weighted by atomic mass is 9.86. The number of esters is 1. The van der Waals surface area contributed by atoms with E-state index in [9.17, 15) is 9.59 Å². The molecule has 0 aliphatic carbocycles. The first-order valence-electron chi connectivity index (χ1n) is 7.82. The van der Waals surface area contributed by atoms with Crippen molar-refractivity contribution in [1.29, 1.82) is 0 Å². The molecule has 1 aromatic heterocycles. The third kappa shape index (κ3) is 2.13. The quantitative estimate of drug-likeness (QED) is 0.730. The minimum Gasteiger partial charge on any atom is -0.468 e. The summed E-state index contributed by atoms with van der Waals surface area (Å²) in [4.78, 5) is 27.7. The van der Waals surface area contributed by atoms with Gasteiger partial charge in [0.05, 0.1) is 13.0 Å². The van der Waals surface area contributed by atoms with Crippen molar-refractivity contribution < 1.29 is 14.3 Å². The third-order valence-corrected chi connectivity index (χ3v) is 5.09. The van der Waals surface area contributed by atoms with Crippen molar-refractivity contribution >= 4 is 22.8 Å². The standard InChI is InChI=1S/C17H19N3O3/c1-23-16(22)17(7-12-14(20-17)9-19-15(12)21)6-10-8-18-13-5-3-2-4-11(10)13/h2-5,8,12,14,18,20H,6-7,9H2,1H3,(H,19,21)/t12-,14-,17-/m0/s1. The highest BCUT2D eigenvalue weighted by molar-refractivity contribution is 5.89. The van der Waals surface area contributed by atoms with Crippen LogP contribution in [0.3, 0.4) is 0 Å². The van der Waals surface area contributed by atoms with Crippen LogP contribution in [0.1, 0.15) is 12.0 Å². The molecule has 23 heavy (non-hydrogen) atoms. The average molecular weight is 313 g/mol. The van der Waals surface area contributed by atoms with Crippen LogP contribution in [0.25, 0.3) is 10.9 Å². The molecule has 2 fully saturated rings. The Labute approximate surface area is 133 Å². The molecule has 0 unspecified atom stereocenters. The molecule has 2 saturated heterocycles. The first-order valence-corrected chi connectivity index (χ1v) is 7.82. The maximum Gasteiger partial charge on any atom is 0.326 e. The number of ether oxygens (including phenoxy) is 1. The summed E-state index contributed by atoms with van der Waals surface area (Å²) >= 11 is 0. The molecule has 0 radical (unpaired) electrons. The molecule has 4 rings (SSSR count). The number of amides is 1. The van der Waals surface area contributed by atoms with E-state index in [4.69, 9.17) is 4.74 Å². The Morgan fingerprint density at radius 3 is 3.00 bits per heavy atom. The summed E-state index contributed by atoms with van der Waals surface area (Å²) in [5.41, 5.74) is 1.25. The molecular weight excluding hydrogens is 294 g/mol. The number of nitrogens with one attached hydrogen (secondary N) is 3. The summed E-state index contributed by atoms with van der Waals surface area (Å²) in [7, 11) is 1.40. The predicted molar refractivity (Wildman–Crippen MR) is 84.8 cm³/mol. The molecule has 0 saturated carbocycles. The number of benzene rings is 1. The van der Waals surface area contributed by atoms with Crippen molar-refractivity contribution in [2.45, 2.75) is 24.4 Å². The smallest absolute Gasteiger partial charge is 0.326 e. The first-order chi connectivity index (χ1) is 11.1. The van der Waals surface area contributed by atoms with Gasteiger partial charge in [0.25, 0.3) is 0 Å². The van der Waals surface area contributed by atoms with Gasteiger partial charge < -0.3 is 15.0 Å².